The molecule has 0 spiro atoms. The molecule has 0 radical (unpaired) electrons. The largest absolute Gasteiger partial charge is 0.477 e. The number of ether oxygens (including phenoxy) is 1. The molecule has 3 aromatic rings. The smallest absolute Gasteiger partial charge is 0.341 e. The maximum atomic E-state index is 13.8. The summed E-state index contributed by atoms with van der Waals surface area (Å²) >= 11 is 5.84. The van der Waals surface area contributed by atoms with Crippen molar-refractivity contribution in [1.82, 2.24) is 4.57 Å². The molecular weight excluding hydrogens is 392 g/mol. The van der Waals surface area contributed by atoms with Gasteiger partial charge in [0.05, 0.1) is 5.69 Å². The summed E-state index contributed by atoms with van der Waals surface area (Å²) in [5.41, 5.74) is -1.42. The van der Waals surface area contributed by atoms with Gasteiger partial charge in [0.25, 0.3) is 0 Å². The molecule has 0 saturated heterocycles. The van der Waals surface area contributed by atoms with Crippen LogP contribution in [0.5, 0.6) is 11.6 Å². The van der Waals surface area contributed by atoms with Crippen LogP contribution < -0.4 is 10.2 Å². The molecule has 3 rings (SSSR count). The van der Waals surface area contributed by atoms with E-state index in [1.807, 2.05) is 0 Å². The fourth-order valence-corrected chi connectivity index (χ4v) is 2.92. The molecule has 144 valence electrons. The van der Waals surface area contributed by atoms with Crippen molar-refractivity contribution in [1.29, 1.82) is 0 Å². The predicted octanol–water partition coefficient (Wildman–Crippen LogP) is 4.96. The van der Waals surface area contributed by atoms with Gasteiger partial charge in [-0.25, -0.2) is 13.6 Å². The normalized spacial score (nSPS) is 10.7. The van der Waals surface area contributed by atoms with Crippen LogP contribution in [0.25, 0.3) is 11.3 Å². The fourth-order valence-electron chi connectivity index (χ4n) is 2.80. The Morgan fingerprint density at radius 1 is 1.11 bits per heavy atom. The summed E-state index contributed by atoms with van der Waals surface area (Å²) in [4.78, 5) is 24.2. The number of aromatic carboxylic acids is 1. The van der Waals surface area contributed by atoms with Gasteiger partial charge in [0, 0.05) is 23.2 Å². The highest BCUT2D eigenvalue weighted by atomic mass is 35.5. The number of pyridine rings is 1. The van der Waals surface area contributed by atoms with Crippen molar-refractivity contribution in [3.05, 3.63) is 81.0 Å². The zero-order valence-electron chi connectivity index (χ0n) is 14.6. The molecule has 0 amide bonds. The number of carboxylic acid groups (broad SMARTS) is 1. The summed E-state index contributed by atoms with van der Waals surface area (Å²) in [6.07, 6.45) is 0. The van der Waals surface area contributed by atoms with Crippen LogP contribution >= 0.6 is 11.6 Å². The zero-order chi connectivity index (χ0) is 20.4. The SMILES string of the molecule is CCn1c(Oc2ccc(Cl)cc2)cc(=O)c(C(=O)O)c1-c1ccc(F)c(F)c1. The van der Waals surface area contributed by atoms with E-state index in [1.54, 1.807) is 31.2 Å². The second-order valence-electron chi connectivity index (χ2n) is 5.80. The number of aromatic nitrogens is 1. The lowest BCUT2D eigenvalue weighted by molar-refractivity contribution is 0.0695. The molecule has 0 aliphatic rings. The summed E-state index contributed by atoms with van der Waals surface area (Å²) in [5, 5.41) is 10.0. The Hall–Kier alpha value is -3.19. The van der Waals surface area contributed by atoms with Gasteiger partial charge in [-0.3, -0.25) is 4.79 Å². The molecule has 0 aliphatic heterocycles. The van der Waals surface area contributed by atoms with E-state index in [9.17, 15) is 23.5 Å². The van der Waals surface area contributed by atoms with Gasteiger partial charge in [-0.05, 0) is 49.4 Å². The number of rotatable bonds is 5. The van der Waals surface area contributed by atoms with Crippen LogP contribution in [0, 0.1) is 11.6 Å². The van der Waals surface area contributed by atoms with E-state index in [2.05, 4.69) is 0 Å². The second-order valence-corrected chi connectivity index (χ2v) is 6.24. The molecule has 0 fully saturated rings. The van der Waals surface area contributed by atoms with Crippen LogP contribution in [-0.2, 0) is 6.54 Å². The Bertz CT molecular complexity index is 1110. The Morgan fingerprint density at radius 3 is 2.36 bits per heavy atom. The van der Waals surface area contributed by atoms with E-state index in [0.717, 1.165) is 18.2 Å². The number of hydrogen-bond acceptors (Lipinski definition) is 3. The van der Waals surface area contributed by atoms with Crippen molar-refractivity contribution in [2.24, 2.45) is 0 Å². The first-order valence-electron chi connectivity index (χ1n) is 8.21. The van der Waals surface area contributed by atoms with Crippen LogP contribution in [0.2, 0.25) is 5.02 Å². The standard InChI is InChI=1S/C20H14ClF2NO4/c1-2-24-17(28-13-6-4-12(21)5-7-13)10-16(25)18(20(26)27)19(24)11-3-8-14(22)15(23)9-11/h3-10H,2H2,1H3,(H,26,27). The molecular formula is C20H14ClF2NO4. The van der Waals surface area contributed by atoms with Gasteiger partial charge in [-0.2, -0.15) is 0 Å². The summed E-state index contributed by atoms with van der Waals surface area (Å²) in [7, 11) is 0. The van der Waals surface area contributed by atoms with Crippen molar-refractivity contribution in [2.45, 2.75) is 13.5 Å². The van der Waals surface area contributed by atoms with Gasteiger partial charge in [0.15, 0.2) is 11.6 Å². The molecule has 8 heteroatoms. The number of halogens is 3. The number of hydrogen-bond donors (Lipinski definition) is 1. The van der Waals surface area contributed by atoms with Crippen molar-refractivity contribution >= 4 is 17.6 Å². The number of carboxylic acids is 1. The molecule has 1 heterocycles. The lowest BCUT2D eigenvalue weighted by Gasteiger charge is -2.19. The van der Waals surface area contributed by atoms with Crippen molar-refractivity contribution in [2.75, 3.05) is 0 Å². The minimum atomic E-state index is -1.48. The second kappa shape index (κ2) is 7.82. The minimum absolute atomic E-state index is 0.0387. The Labute approximate surface area is 163 Å². The molecule has 0 atom stereocenters. The minimum Gasteiger partial charge on any atom is -0.477 e. The zero-order valence-corrected chi connectivity index (χ0v) is 15.3. The monoisotopic (exact) mass is 405 g/mol. The van der Waals surface area contributed by atoms with Crippen LogP contribution in [0.3, 0.4) is 0 Å². The van der Waals surface area contributed by atoms with E-state index in [-0.39, 0.29) is 23.7 Å². The molecule has 0 unspecified atom stereocenters. The average molecular weight is 406 g/mol. The topological polar surface area (TPSA) is 68.5 Å². The first-order valence-corrected chi connectivity index (χ1v) is 8.59. The fraction of sp³-hybridized carbons (Fsp3) is 0.100. The van der Waals surface area contributed by atoms with E-state index in [4.69, 9.17) is 16.3 Å². The van der Waals surface area contributed by atoms with Gasteiger partial charge >= 0.3 is 5.97 Å². The van der Waals surface area contributed by atoms with Gasteiger partial charge in [-0.15, -0.1) is 0 Å². The molecule has 0 aliphatic carbocycles. The van der Waals surface area contributed by atoms with Gasteiger partial charge in [0.1, 0.15) is 11.3 Å². The number of carbonyl (C=O) groups is 1. The van der Waals surface area contributed by atoms with Gasteiger partial charge in [-0.1, -0.05) is 11.6 Å². The number of benzene rings is 2. The third kappa shape index (κ3) is 3.75. The first kappa shape index (κ1) is 19.6. The van der Waals surface area contributed by atoms with E-state index < -0.39 is 28.6 Å². The van der Waals surface area contributed by atoms with E-state index >= 15 is 0 Å². The first-order chi connectivity index (χ1) is 13.3. The summed E-state index contributed by atoms with van der Waals surface area (Å²) in [5.74, 6) is -3.30. The Balaban J connectivity index is 2.26. The third-order valence-electron chi connectivity index (χ3n) is 4.03. The molecule has 2 aromatic carbocycles. The molecule has 0 saturated carbocycles. The van der Waals surface area contributed by atoms with Crippen molar-refractivity contribution in [3.63, 3.8) is 0 Å². The lowest BCUT2D eigenvalue weighted by atomic mass is 10.0. The number of nitrogens with zero attached hydrogens (tertiary/aromatic N) is 1. The molecule has 1 aromatic heterocycles. The highest BCUT2D eigenvalue weighted by Crippen LogP contribution is 2.30. The van der Waals surface area contributed by atoms with Crippen LogP contribution in [0.4, 0.5) is 8.78 Å². The van der Waals surface area contributed by atoms with Crippen molar-refractivity contribution < 1.29 is 23.4 Å². The van der Waals surface area contributed by atoms with E-state index in [0.29, 0.717) is 10.8 Å². The predicted molar refractivity (Wildman–Crippen MR) is 100 cm³/mol. The van der Waals surface area contributed by atoms with E-state index in [1.165, 1.54) is 10.6 Å². The van der Waals surface area contributed by atoms with Gasteiger partial charge in [0.2, 0.25) is 11.3 Å². The molecule has 1 N–H and O–H groups in total. The highest BCUT2D eigenvalue weighted by Gasteiger charge is 2.23. The third-order valence-corrected chi connectivity index (χ3v) is 4.28. The molecule has 28 heavy (non-hydrogen) atoms. The molecule has 0 bridgehead atoms. The Kier molecular flexibility index (Phi) is 5.46. The maximum Gasteiger partial charge on any atom is 0.341 e. The molecule has 5 nitrogen and oxygen atoms in total. The van der Waals surface area contributed by atoms with Crippen LogP contribution in [0.1, 0.15) is 17.3 Å². The average Bonchev–Trinajstić information content (AvgIpc) is 2.65. The quantitative estimate of drug-likeness (QED) is 0.651. The maximum absolute atomic E-state index is 13.8. The van der Waals surface area contributed by atoms with Gasteiger partial charge < -0.3 is 14.4 Å². The highest BCUT2D eigenvalue weighted by molar-refractivity contribution is 6.30. The van der Waals surface area contributed by atoms with Crippen LogP contribution in [0.15, 0.2) is 53.3 Å². The lowest BCUT2D eigenvalue weighted by Crippen LogP contribution is -2.21. The summed E-state index contributed by atoms with van der Waals surface area (Å²) < 4.78 is 34.2. The summed E-state index contributed by atoms with van der Waals surface area (Å²) in [6.45, 7) is 1.91. The summed E-state index contributed by atoms with van der Waals surface area (Å²) in [6, 6.07) is 10.3. The van der Waals surface area contributed by atoms with Crippen molar-refractivity contribution in [3.8, 4) is 22.9 Å². The Morgan fingerprint density at radius 2 is 1.79 bits per heavy atom. The van der Waals surface area contributed by atoms with Crippen LogP contribution in [-0.4, -0.2) is 15.6 Å².